The summed E-state index contributed by atoms with van der Waals surface area (Å²) in [6.45, 7) is 7.05. The van der Waals surface area contributed by atoms with Gasteiger partial charge in [-0.25, -0.2) is 0 Å². The molecule has 4 rings (SSSR count). The maximum Gasteiger partial charge on any atom is -0.00967 e. The predicted octanol–water partition coefficient (Wildman–Crippen LogP) is 5.84. The second-order valence-electron chi connectivity index (χ2n) is 7.84. The van der Waals surface area contributed by atoms with Crippen LogP contribution in [0.2, 0.25) is 0 Å². The van der Waals surface area contributed by atoms with Gasteiger partial charge in [0.25, 0.3) is 0 Å². The largest absolute Gasteiger partial charge is 0.0808 e. The highest BCUT2D eigenvalue weighted by Crippen LogP contribution is 2.56. The summed E-state index contributed by atoms with van der Waals surface area (Å²) in [5.41, 5.74) is 6.66. The summed E-state index contributed by atoms with van der Waals surface area (Å²) in [5, 5.41) is 0. The van der Waals surface area contributed by atoms with E-state index < -0.39 is 0 Å². The van der Waals surface area contributed by atoms with Gasteiger partial charge in [-0.1, -0.05) is 41.9 Å². The lowest BCUT2D eigenvalue weighted by molar-refractivity contribution is 0.188. The van der Waals surface area contributed by atoms with Crippen molar-refractivity contribution in [1.29, 1.82) is 0 Å². The van der Waals surface area contributed by atoms with E-state index in [-0.39, 0.29) is 0 Å². The van der Waals surface area contributed by atoms with Crippen molar-refractivity contribution in [2.45, 2.75) is 52.9 Å². The van der Waals surface area contributed by atoms with Gasteiger partial charge in [0.15, 0.2) is 0 Å². The molecule has 0 heterocycles. The van der Waals surface area contributed by atoms with Crippen molar-refractivity contribution in [2.75, 3.05) is 0 Å². The van der Waals surface area contributed by atoms with Crippen LogP contribution in [0.15, 0.2) is 46.6 Å². The zero-order valence-electron chi connectivity index (χ0n) is 13.7. The lowest BCUT2D eigenvalue weighted by Crippen LogP contribution is -2.28. The van der Waals surface area contributed by atoms with Gasteiger partial charge >= 0.3 is 0 Å². The number of allylic oxidation sites excluding steroid dienone is 8. The van der Waals surface area contributed by atoms with Crippen LogP contribution in [-0.4, -0.2) is 0 Å². The van der Waals surface area contributed by atoms with Crippen molar-refractivity contribution >= 4 is 0 Å². The molecule has 0 saturated heterocycles. The predicted molar refractivity (Wildman–Crippen MR) is 89.9 cm³/mol. The van der Waals surface area contributed by atoms with Gasteiger partial charge in [0.2, 0.25) is 0 Å². The fraction of sp³-hybridized carbons (Fsp3) is 0.619. The molecule has 2 fully saturated rings. The Morgan fingerprint density at radius 1 is 0.905 bits per heavy atom. The molecule has 21 heavy (non-hydrogen) atoms. The second kappa shape index (κ2) is 5.00. The average molecular weight is 280 g/mol. The van der Waals surface area contributed by atoms with Gasteiger partial charge in [-0.05, 0) is 87.2 Å². The van der Waals surface area contributed by atoms with Crippen molar-refractivity contribution in [3.05, 3.63) is 46.6 Å². The van der Waals surface area contributed by atoms with E-state index in [1.54, 1.807) is 16.7 Å². The molecule has 4 aliphatic carbocycles. The Morgan fingerprint density at radius 2 is 1.71 bits per heavy atom. The van der Waals surface area contributed by atoms with Gasteiger partial charge in [-0.2, -0.15) is 0 Å². The molecule has 0 radical (unpaired) electrons. The molecule has 0 heteroatoms. The van der Waals surface area contributed by atoms with E-state index in [0.29, 0.717) is 0 Å². The zero-order chi connectivity index (χ0) is 14.6. The molecule has 0 aromatic rings. The maximum absolute atomic E-state index is 2.52. The molecule has 0 nitrogen and oxygen atoms in total. The van der Waals surface area contributed by atoms with Gasteiger partial charge in [0.1, 0.15) is 0 Å². The maximum atomic E-state index is 2.52. The van der Waals surface area contributed by atoms with Crippen LogP contribution in [0.25, 0.3) is 0 Å². The van der Waals surface area contributed by atoms with Crippen molar-refractivity contribution in [1.82, 2.24) is 0 Å². The molecule has 112 valence electrons. The van der Waals surface area contributed by atoms with E-state index in [2.05, 4.69) is 45.1 Å². The van der Waals surface area contributed by atoms with Crippen LogP contribution in [0.5, 0.6) is 0 Å². The Hall–Kier alpha value is -1.04. The minimum absolute atomic E-state index is 0.836. The van der Waals surface area contributed by atoms with E-state index in [4.69, 9.17) is 0 Å². The summed E-state index contributed by atoms with van der Waals surface area (Å²) in [6, 6.07) is 0. The minimum Gasteiger partial charge on any atom is -0.0808 e. The van der Waals surface area contributed by atoms with E-state index in [1.807, 2.05) is 5.57 Å². The average Bonchev–Trinajstić information content (AvgIpc) is 3.00. The number of fused-ring (bicyclic) bond motifs is 3. The lowest BCUT2D eigenvalue weighted by atomic mass is 9.68. The first-order chi connectivity index (χ1) is 10.2. The molecule has 0 aliphatic heterocycles. The fourth-order valence-corrected chi connectivity index (χ4v) is 5.75. The van der Waals surface area contributed by atoms with Crippen molar-refractivity contribution in [2.24, 2.45) is 29.6 Å². The van der Waals surface area contributed by atoms with Crippen LogP contribution in [0.1, 0.15) is 52.9 Å². The summed E-state index contributed by atoms with van der Waals surface area (Å²) in [7, 11) is 0. The molecule has 0 bridgehead atoms. The summed E-state index contributed by atoms with van der Waals surface area (Å²) in [6.07, 6.45) is 16.7. The molecule has 4 aliphatic rings. The molecule has 0 amide bonds. The summed E-state index contributed by atoms with van der Waals surface area (Å²) in [4.78, 5) is 0. The molecule has 5 atom stereocenters. The van der Waals surface area contributed by atoms with E-state index in [9.17, 15) is 0 Å². The summed E-state index contributed by atoms with van der Waals surface area (Å²) >= 11 is 0. The van der Waals surface area contributed by atoms with E-state index in [1.165, 1.54) is 32.1 Å². The van der Waals surface area contributed by atoms with Crippen LogP contribution in [0.3, 0.4) is 0 Å². The molecule has 0 aromatic carbocycles. The topological polar surface area (TPSA) is 0 Å². The fourth-order valence-electron chi connectivity index (χ4n) is 5.75. The molecule has 2 saturated carbocycles. The van der Waals surface area contributed by atoms with Crippen LogP contribution in [0, 0.1) is 29.6 Å². The first-order valence-electron chi connectivity index (χ1n) is 8.88. The number of hydrogen-bond donors (Lipinski definition) is 0. The van der Waals surface area contributed by atoms with Crippen LogP contribution < -0.4 is 0 Å². The van der Waals surface area contributed by atoms with Crippen LogP contribution in [0.4, 0.5) is 0 Å². The second-order valence-corrected chi connectivity index (χ2v) is 7.84. The molecule has 0 spiro atoms. The highest BCUT2D eigenvalue weighted by Gasteiger charge is 2.47. The standard InChI is InChI=1S/C21H28/c1-13-11-20(15(3)14(13)2)19-10-6-9-18-17-8-5-4-7-16(17)12-21(18)19/h4-5,7-8,16-19,21H,6,9-12H2,1-3H3. The first-order valence-corrected chi connectivity index (χ1v) is 8.88. The van der Waals surface area contributed by atoms with Gasteiger partial charge in [-0.3, -0.25) is 0 Å². The van der Waals surface area contributed by atoms with Gasteiger partial charge in [-0.15, -0.1) is 0 Å². The van der Waals surface area contributed by atoms with Crippen molar-refractivity contribution < 1.29 is 0 Å². The molecule has 0 aromatic heterocycles. The Labute approximate surface area is 129 Å². The Balaban J connectivity index is 1.64. The normalized spacial score (nSPS) is 41.8. The van der Waals surface area contributed by atoms with Crippen molar-refractivity contribution in [3.8, 4) is 0 Å². The zero-order valence-corrected chi connectivity index (χ0v) is 13.7. The van der Waals surface area contributed by atoms with Gasteiger partial charge in [0.05, 0.1) is 0 Å². The third kappa shape index (κ3) is 2.02. The molecule has 0 N–H and O–H groups in total. The number of hydrogen-bond acceptors (Lipinski definition) is 0. The monoisotopic (exact) mass is 280 g/mol. The molecular weight excluding hydrogens is 252 g/mol. The van der Waals surface area contributed by atoms with Crippen molar-refractivity contribution in [3.63, 3.8) is 0 Å². The third-order valence-corrected chi connectivity index (χ3v) is 7.04. The number of rotatable bonds is 1. The summed E-state index contributed by atoms with van der Waals surface area (Å²) < 4.78 is 0. The highest BCUT2D eigenvalue weighted by molar-refractivity contribution is 5.45. The van der Waals surface area contributed by atoms with Crippen LogP contribution >= 0.6 is 0 Å². The van der Waals surface area contributed by atoms with Gasteiger partial charge < -0.3 is 0 Å². The molecule has 5 unspecified atom stereocenters. The Morgan fingerprint density at radius 3 is 2.48 bits per heavy atom. The van der Waals surface area contributed by atoms with Gasteiger partial charge in [0, 0.05) is 0 Å². The summed E-state index contributed by atoms with van der Waals surface area (Å²) in [5.74, 6) is 4.47. The third-order valence-electron chi connectivity index (χ3n) is 7.04. The molecular formula is C21H28. The van der Waals surface area contributed by atoms with E-state index >= 15 is 0 Å². The highest BCUT2D eigenvalue weighted by atomic mass is 14.5. The van der Waals surface area contributed by atoms with E-state index in [0.717, 1.165) is 29.6 Å². The minimum atomic E-state index is 0.836. The first kappa shape index (κ1) is 13.6. The van der Waals surface area contributed by atoms with Crippen LogP contribution in [-0.2, 0) is 0 Å². The smallest absolute Gasteiger partial charge is 0.00967 e. The lowest BCUT2D eigenvalue weighted by Gasteiger charge is -2.37. The Bertz CT molecular complexity index is 569. The Kier molecular flexibility index (Phi) is 3.24. The SMILES string of the molecule is CC1=C(C)C(C)=C(C2CCCC3C4C=CC=CC4CC23)C1. The quantitative estimate of drug-likeness (QED) is 0.566.